The molecule has 0 saturated carbocycles. The Balaban J connectivity index is 1.81. The number of H-pyrrole nitrogens is 1. The molecule has 3 rings (SSSR count). The first-order valence-corrected chi connectivity index (χ1v) is 8.89. The van der Waals surface area contributed by atoms with Gasteiger partial charge in [-0.2, -0.15) is 4.98 Å². The smallest absolute Gasteiger partial charge is 0.296 e. The first kappa shape index (κ1) is 19.3. The van der Waals surface area contributed by atoms with Gasteiger partial charge in [0.1, 0.15) is 18.6 Å². The standard InChI is InChI=1S/C17H15N5O5S/c1-25-12-4-3-10(7-11(12)8-18-26-2)13-5-6-14(27-13)16-19-17(21-20-16)28-9-15(23)22-24/h3-8H,9H2,1-2H3,(H,19,20,21)/b18-8+. The molecule has 0 atom stereocenters. The molecule has 0 spiro atoms. The van der Waals surface area contributed by atoms with E-state index in [4.69, 9.17) is 14.0 Å². The summed E-state index contributed by atoms with van der Waals surface area (Å²) in [5.74, 6) is 1.22. The molecule has 11 heteroatoms. The third-order valence-corrected chi connectivity index (χ3v) is 4.37. The van der Waals surface area contributed by atoms with Gasteiger partial charge in [0.05, 0.1) is 19.1 Å². The van der Waals surface area contributed by atoms with Gasteiger partial charge < -0.3 is 14.0 Å². The van der Waals surface area contributed by atoms with Crippen LogP contribution in [0.2, 0.25) is 0 Å². The van der Waals surface area contributed by atoms with Gasteiger partial charge in [-0.3, -0.25) is 9.89 Å². The molecule has 0 saturated heterocycles. The maximum atomic E-state index is 11.0. The second-order valence-electron chi connectivity index (χ2n) is 5.28. The number of aromatic amines is 1. The number of nitroso groups, excluding NO2 is 1. The number of rotatable bonds is 8. The van der Waals surface area contributed by atoms with Crippen molar-refractivity contribution in [3.05, 3.63) is 40.8 Å². The van der Waals surface area contributed by atoms with E-state index in [1.54, 1.807) is 31.5 Å². The van der Waals surface area contributed by atoms with Gasteiger partial charge in [0.25, 0.3) is 5.91 Å². The summed E-state index contributed by atoms with van der Waals surface area (Å²) in [6.07, 6.45) is 1.54. The molecule has 1 amide bonds. The minimum atomic E-state index is -0.774. The third kappa shape index (κ3) is 4.43. The second-order valence-corrected chi connectivity index (χ2v) is 6.22. The number of ether oxygens (including phenoxy) is 1. The van der Waals surface area contributed by atoms with Gasteiger partial charge >= 0.3 is 0 Å². The van der Waals surface area contributed by atoms with E-state index in [9.17, 15) is 9.70 Å². The predicted octanol–water partition coefficient (Wildman–Crippen LogP) is 3.11. The van der Waals surface area contributed by atoms with Crippen molar-refractivity contribution < 1.29 is 18.8 Å². The molecule has 0 radical (unpaired) electrons. The van der Waals surface area contributed by atoms with Crippen molar-refractivity contribution in [3.63, 3.8) is 0 Å². The molecule has 0 aliphatic rings. The van der Waals surface area contributed by atoms with Crippen molar-refractivity contribution in [2.45, 2.75) is 5.16 Å². The molecular weight excluding hydrogens is 386 g/mol. The number of carbonyl (C=O) groups excluding carboxylic acids is 1. The summed E-state index contributed by atoms with van der Waals surface area (Å²) in [5, 5.41) is 13.1. The topological polar surface area (TPSA) is 132 Å². The number of amides is 1. The Morgan fingerprint density at radius 2 is 2.11 bits per heavy atom. The number of methoxy groups -OCH3 is 1. The Morgan fingerprint density at radius 3 is 2.86 bits per heavy atom. The van der Waals surface area contributed by atoms with E-state index in [0.717, 1.165) is 22.9 Å². The summed E-state index contributed by atoms with van der Waals surface area (Å²) in [6, 6.07) is 9.05. The molecule has 0 aliphatic carbocycles. The van der Waals surface area contributed by atoms with E-state index < -0.39 is 5.91 Å². The highest BCUT2D eigenvalue weighted by Gasteiger charge is 2.14. The highest BCUT2D eigenvalue weighted by atomic mass is 32.2. The summed E-state index contributed by atoms with van der Waals surface area (Å²) >= 11 is 1.01. The van der Waals surface area contributed by atoms with Crippen LogP contribution in [0.3, 0.4) is 0 Å². The average Bonchev–Trinajstić information content (AvgIpc) is 3.39. The molecular formula is C17H15N5O5S. The van der Waals surface area contributed by atoms with Crippen LogP contribution in [0.4, 0.5) is 0 Å². The zero-order valence-corrected chi connectivity index (χ0v) is 15.7. The van der Waals surface area contributed by atoms with Gasteiger partial charge in [-0.1, -0.05) is 16.9 Å². The number of nitrogens with zero attached hydrogens (tertiary/aromatic N) is 4. The summed E-state index contributed by atoms with van der Waals surface area (Å²) in [5.41, 5.74) is 1.54. The molecule has 1 N–H and O–H groups in total. The first-order valence-electron chi connectivity index (χ1n) is 7.91. The van der Waals surface area contributed by atoms with E-state index in [0.29, 0.717) is 28.3 Å². The fourth-order valence-corrected chi connectivity index (χ4v) is 2.86. The maximum Gasteiger partial charge on any atom is 0.296 e. The van der Waals surface area contributed by atoms with Gasteiger partial charge in [-0.25, -0.2) is 0 Å². The van der Waals surface area contributed by atoms with Crippen LogP contribution in [0.25, 0.3) is 22.9 Å². The predicted molar refractivity (Wildman–Crippen MR) is 102 cm³/mol. The Kier molecular flexibility index (Phi) is 6.17. The van der Waals surface area contributed by atoms with Crippen LogP contribution in [0.15, 0.2) is 50.2 Å². The van der Waals surface area contributed by atoms with E-state index in [1.807, 2.05) is 12.1 Å². The lowest BCUT2D eigenvalue weighted by atomic mass is 10.1. The van der Waals surface area contributed by atoms with Crippen LogP contribution in [0.5, 0.6) is 5.75 Å². The van der Waals surface area contributed by atoms with Crippen LogP contribution in [0.1, 0.15) is 5.56 Å². The average molecular weight is 401 g/mol. The highest BCUT2D eigenvalue weighted by molar-refractivity contribution is 7.99. The van der Waals surface area contributed by atoms with Crippen molar-refractivity contribution in [2.24, 2.45) is 10.3 Å². The van der Waals surface area contributed by atoms with Crippen molar-refractivity contribution in [1.82, 2.24) is 15.2 Å². The number of nitrogens with one attached hydrogen (secondary N) is 1. The molecule has 1 aromatic carbocycles. The highest BCUT2D eigenvalue weighted by Crippen LogP contribution is 2.30. The third-order valence-electron chi connectivity index (χ3n) is 3.54. The summed E-state index contributed by atoms with van der Waals surface area (Å²) in [4.78, 5) is 30.0. The number of thioether (sulfide) groups is 1. The quantitative estimate of drug-likeness (QED) is 0.263. The molecule has 10 nitrogen and oxygen atoms in total. The fraction of sp³-hybridized carbons (Fsp3) is 0.176. The number of benzene rings is 1. The van der Waals surface area contributed by atoms with Crippen molar-refractivity contribution in [3.8, 4) is 28.7 Å². The molecule has 28 heavy (non-hydrogen) atoms. The normalized spacial score (nSPS) is 10.9. The maximum absolute atomic E-state index is 11.0. The van der Waals surface area contributed by atoms with E-state index >= 15 is 0 Å². The Labute approximate surface area is 163 Å². The summed E-state index contributed by atoms with van der Waals surface area (Å²) < 4.78 is 11.2. The Hall–Kier alpha value is -3.47. The minimum Gasteiger partial charge on any atom is -0.496 e. The van der Waals surface area contributed by atoms with E-state index in [-0.39, 0.29) is 5.75 Å². The second kappa shape index (κ2) is 8.95. The molecule has 2 aromatic heterocycles. The molecule has 0 unspecified atom stereocenters. The summed E-state index contributed by atoms with van der Waals surface area (Å²) in [7, 11) is 3.03. The number of furan rings is 1. The molecule has 3 aromatic rings. The van der Waals surface area contributed by atoms with Gasteiger partial charge in [0.2, 0.25) is 5.16 Å². The molecule has 0 bridgehead atoms. The van der Waals surface area contributed by atoms with Crippen molar-refractivity contribution in [2.75, 3.05) is 20.0 Å². The zero-order valence-electron chi connectivity index (χ0n) is 14.9. The molecule has 0 aliphatic heterocycles. The van der Waals surface area contributed by atoms with Crippen molar-refractivity contribution >= 4 is 23.9 Å². The lowest BCUT2D eigenvalue weighted by Gasteiger charge is -2.06. The van der Waals surface area contributed by atoms with Crippen LogP contribution >= 0.6 is 11.8 Å². The molecule has 144 valence electrons. The van der Waals surface area contributed by atoms with Gasteiger partial charge in [0, 0.05) is 16.3 Å². The Morgan fingerprint density at radius 1 is 1.29 bits per heavy atom. The number of aromatic nitrogens is 3. The number of hydrogen-bond donors (Lipinski definition) is 1. The SMILES string of the molecule is CO/N=C/c1cc(-c2ccc(-c3nc(SCC(=O)N=O)n[nH]3)o2)ccc1OC. The van der Waals surface area contributed by atoms with Crippen LogP contribution in [-0.4, -0.2) is 47.3 Å². The van der Waals surface area contributed by atoms with Gasteiger partial charge in [0.15, 0.2) is 11.6 Å². The van der Waals surface area contributed by atoms with E-state index in [1.165, 1.54) is 7.11 Å². The lowest BCUT2D eigenvalue weighted by Crippen LogP contribution is -1.95. The number of oxime groups is 1. The first-order chi connectivity index (χ1) is 13.6. The van der Waals surface area contributed by atoms with E-state index in [2.05, 4.69) is 25.5 Å². The fourth-order valence-electron chi connectivity index (χ4n) is 2.29. The van der Waals surface area contributed by atoms with Gasteiger partial charge in [-0.15, -0.1) is 10.0 Å². The number of hydrogen-bond acceptors (Lipinski definition) is 9. The van der Waals surface area contributed by atoms with Crippen LogP contribution < -0.4 is 4.74 Å². The Bertz CT molecular complexity index is 1010. The van der Waals surface area contributed by atoms with Crippen molar-refractivity contribution in [1.29, 1.82) is 0 Å². The van der Waals surface area contributed by atoms with Crippen LogP contribution in [-0.2, 0) is 9.63 Å². The zero-order chi connectivity index (χ0) is 19.9. The summed E-state index contributed by atoms with van der Waals surface area (Å²) in [6.45, 7) is 0. The number of carbonyl (C=O) groups is 1. The largest absolute Gasteiger partial charge is 0.496 e. The lowest BCUT2D eigenvalue weighted by molar-refractivity contribution is -0.115. The molecule has 2 heterocycles. The minimum absolute atomic E-state index is 0.123. The molecule has 0 fully saturated rings. The van der Waals surface area contributed by atoms with Gasteiger partial charge in [-0.05, 0) is 30.3 Å². The van der Waals surface area contributed by atoms with Crippen LogP contribution in [0, 0.1) is 4.91 Å². The monoisotopic (exact) mass is 401 g/mol.